The van der Waals surface area contributed by atoms with Gasteiger partial charge in [0.15, 0.2) is 0 Å². The van der Waals surface area contributed by atoms with Gasteiger partial charge in [-0.3, -0.25) is 0 Å². The third kappa shape index (κ3) is 3.91. The summed E-state index contributed by atoms with van der Waals surface area (Å²) in [6.07, 6.45) is -0.667. The Hall–Kier alpha value is -2.15. The lowest BCUT2D eigenvalue weighted by atomic mass is 10.1. The van der Waals surface area contributed by atoms with Gasteiger partial charge in [0.1, 0.15) is 5.82 Å². The number of amides is 1. The van der Waals surface area contributed by atoms with Gasteiger partial charge in [-0.15, -0.1) is 0 Å². The SMILES string of the molecule is COC(=O)N/N=C(\C)c1ccc(N2CCOCC2)c(F)c1. The predicted molar refractivity (Wildman–Crippen MR) is 77.2 cm³/mol. The number of hydrogen-bond donors (Lipinski definition) is 1. The average molecular weight is 295 g/mol. The van der Waals surface area contributed by atoms with Gasteiger partial charge < -0.3 is 14.4 Å². The highest BCUT2D eigenvalue weighted by atomic mass is 19.1. The number of morpholine rings is 1. The lowest BCUT2D eigenvalue weighted by Gasteiger charge is -2.29. The van der Waals surface area contributed by atoms with Crippen molar-refractivity contribution in [3.05, 3.63) is 29.6 Å². The molecule has 0 atom stereocenters. The number of hydrazone groups is 1. The van der Waals surface area contributed by atoms with Gasteiger partial charge in [-0.2, -0.15) is 5.10 Å². The van der Waals surface area contributed by atoms with E-state index in [2.05, 4.69) is 15.3 Å². The van der Waals surface area contributed by atoms with Crippen molar-refractivity contribution in [2.75, 3.05) is 38.3 Å². The number of benzene rings is 1. The largest absolute Gasteiger partial charge is 0.452 e. The van der Waals surface area contributed by atoms with Crippen LogP contribution in [0.5, 0.6) is 0 Å². The monoisotopic (exact) mass is 295 g/mol. The van der Waals surface area contributed by atoms with Crippen LogP contribution in [-0.4, -0.2) is 45.2 Å². The standard InChI is InChI=1S/C14H18FN3O3/c1-10(16-17-14(19)20-2)11-3-4-13(12(15)9-11)18-5-7-21-8-6-18/h3-4,9H,5-8H2,1-2H3,(H,17,19)/b16-10+. The Morgan fingerprint density at radius 2 is 2.14 bits per heavy atom. The van der Waals surface area contributed by atoms with Crippen LogP contribution in [-0.2, 0) is 9.47 Å². The molecule has 6 nitrogen and oxygen atoms in total. The van der Waals surface area contributed by atoms with Crippen molar-refractivity contribution >= 4 is 17.5 Å². The van der Waals surface area contributed by atoms with Gasteiger partial charge in [-0.25, -0.2) is 14.6 Å². The Balaban J connectivity index is 2.12. The molecule has 2 rings (SSSR count). The highest BCUT2D eigenvalue weighted by Gasteiger charge is 2.15. The maximum atomic E-state index is 14.2. The Kier molecular flexibility index (Phi) is 5.10. The zero-order valence-corrected chi connectivity index (χ0v) is 12.1. The Morgan fingerprint density at radius 3 is 2.76 bits per heavy atom. The second-order valence-electron chi connectivity index (χ2n) is 4.57. The summed E-state index contributed by atoms with van der Waals surface area (Å²) in [7, 11) is 1.25. The molecule has 0 radical (unpaired) electrons. The van der Waals surface area contributed by atoms with Crippen LogP contribution in [0.1, 0.15) is 12.5 Å². The van der Waals surface area contributed by atoms with Gasteiger partial charge in [-0.1, -0.05) is 6.07 Å². The third-order valence-electron chi connectivity index (χ3n) is 3.22. The van der Waals surface area contributed by atoms with Crippen molar-refractivity contribution in [1.29, 1.82) is 0 Å². The molecule has 7 heteroatoms. The Bertz CT molecular complexity index is 542. The van der Waals surface area contributed by atoms with Crippen molar-refractivity contribution in [3.63, 3.8) is 0 Å². The molecule has 21 heavy (non-hydrogen) atoms. The van der Waals surface area contributed by atoms with E-state index in [4.69, 9.17) is 4.74 Å². The molecule has 1 aliphatic rings. The maximum Gasteiger partial charge on any atom is 0.427 e. The van der Waals surface area contributed by atoms with Gasteiger partial charge in [-0.05, 0) is 19.1 Å². The predicted octanol–water partition coefficient (Wildman–Crippen LogP) is 1.74. The van der Waals surface area contributed by atoms with E-state index in [-0.39, 0.29) is 5.82 Å². The molecular formula is C14H18FN3O3. The zero-order chi connectivity index (χ0) is 15.2. The van der Waals surface area contributed by atoms with E-state index < -0.39 is 6.09 Å². The van der Waals surface area contributed by atoms with Crippen LogP contribution in [0.2, 0.25) is 0 Å². The number of carbonyl (C=O) groups excluding carboxylic acids is 1. The van der Waals surface area contributed by atoms with Crippen molar-refractivity contribution in [2.45, 2.75) is 6.92 Å². The first-order valence-electron chi connectivity index (χ1n) is 6.62. The topological polar surface area (TPSA) is 63.2 Å². The molecule has 1 amide bonds. The fourth-order valence-corrected chi connectivity index (χ4v) is 2.03. The average Bonchev–Trinajstić information content (AvgIpc) is 2.52. The molecular weight excluding hydrogens is 277 g/mol. The number of hydrogen-bond acceptors (Lipinski definition) is 5. The summed E-state index contributed by atoms with van der Waals surface area (Å²) in [6, 6.07) is 4.89. The lowest BCUT2D eigenvalue weighted by molar-refractivity contribution is 0.122. The summed E-state index contributed by atoms with van der Waals surface area (Å²) in [5.74, 6) is -0.318. The molecule has 1 saturated heterocycles. The summed E-state index contributed by atoms with van der Waals surface area (Å²) < 4.78 is 23.9. The molecule has 1 aliphatic heterocycles. The zero-order valence-electron chi connectivity index (χ0n) is 12.1. The van der Waals surface area contributed by atoms with E-state index in [1.54, 1.807) is 19.1 Å². The molecule has 1 heterocycles. The van der Waals surface area contributed by atoms with E-state index in [0.29, 0.717) is 43.3 Å². The van der Waals surface area contributed by atoms with Crippen LogP contribution in [0.3, 0.4) is 0 Å². The molecule has 0 bridgehead atoms. The van der Waals surface area contributed by atoms with E-state index >= 15 is 0 Å². The quantitative estimate of drug-likeness (QED) is 0.681. The first kappa shape index (κ1) is 15.2. The minimum Gasteiger partial charge on any atom is -0.452 e. The summed E-state index contributed by atoms with van der Waals surface area (Å²) in [6.45, 7) is 4.23. The van der Waals surface area contributed by atoms with Crippen molar-refractivity contribution in [1.82, 2.24) is 5.43 Å². The first-order valence-corrected chi connectivity index (χ1v) is 6.62. The molecule has 1 fully saturated rings. The molecule has 0 unspecified atom stereocenters. The lowest BCUT2D eigenvalue weighted by Crippen LogP contribution is -2.36. The van der Waals surface area contributed by atoms with Crippen LogP contribution < -0.4 is 10.3 Å². The van der Waals surface area contributed by atoms with Crippen LogP contribution in [0.25, 0.3) is 0 Å². The van der Waals surface area contributed by atoms with Crippen LogP contribution >= 0.6 is 0 Å². The fraction of sp³-hybridized carbons (Fsp3) is 0.429. The molecule has 0 saturated carbocycles. The number of ether oxygens (including phenoxy) is 2. The van der Waals surface area contributed by atoms with Gasteiger partial charge in [0.05, 0.1) is 31.7 Å². The molecule has 1 aromatic rings. The fourth-order valence-electron chi connectivity index (χ4n) is 2.03. The van der Waals surface area contributed by atoms with Gasteiger partial charge >= 0.3 is 6.09 Å². The number of anilines is 1. The van der Waals surface area contributed by atoms with Crippen LogP contribution in [0.4, 0.5) is 14.9 Å². The molecule has 114 valence electrons. The van der Waals surface area contributed by atoms with Gasteiger partial charge in [0.25, 0.3) is 0 Å². The molecule has 0 aliphatic carbocycles. The minimum atomic E-state index is -0.667. The summed E-state index contributed by atoms with van der Waals surface area (Å²) >= 11 is 0. The molecule has 0 aromatic heterocycles. The number of rotatable bonds is 3. The highest BCUT2D eigenvalue weighted by molar-refractivity contribution is 5.99. The van der Waals surface area contributed by atoms with Crippen LogP contribution in [0.15, 0.2) is 23.3 Å². The minimum absolute atomic E-state index is 0.318. The number of halogens is 1. The van der Waals surface area contributed by atoms with Crippen molar-refractivity contribution in [2.24, 2.45) is 5.10 Å². The smallest absolute Gasteiger partial charge is 0.427 e. The maximum absolute atomic E-state index is 14.2. The van der Waals surface area contributed by atoms with Gasteiger partial charge in [0, 0.05) is 18.7 Å². The summed E-state index contributed by atoms with van der Waals surface area (Å²) in [5.41, 5.74) is 3.85. The summed E-state index contributed by atoms with van der Waals surface area (Å²) in [5, 5.41) is 3.84. The van der Waals surface area contributed by atoms with Gasteiger partial charge in [0.2, 0.25) is 0 Å². The van der Waals surface area contributed by atoms with E-state index in [1.807, 2.05) is 4.90 Å². The highest BCUT2D eigenvalue weighted by Crippen LogP contribution is 2.21. The number of nitrogens with zero attached hydrogens (tertiary/aromatic N) is 2. The molecule has 1 aromatic carbocycles. The first-order chi connectivity index (χ1) is 10.1. The number of carbonyl (C=O) groups is 1. The normalized spacial score (nSPS) is 15.8. The number of methoxy groups -OCH3 is 1. The molecule has 0 spiro atoms. The summed E-state index contributed by atoms with van der Waals surface area (Å²) in [4.78, 5) is 12.9. The second-order valence-corrected chi connectivity index (χ2v) is 4.57. The number of nitrogens with one attached hydrogen (secondary N) is 1. The van der Waals surface area contributed by atoms with E-state index in [1.165, 1.54) is 13.2 Å². The van der Waals surface area contributed by atoms with Crippen molar-refractivity contribution < 1.29 is 18.7 Å². The third-order valence-corrected chi connectivity index (χ3v) is 3.22. The van der Waals surface area contributed by atoms with E-state index in [0.717, 1.165) is 0 Å². The molecule has 1 N–H and O–H groups in total. The van der Waals surface area contributed by atoms with Crippen molar-refractivity contribution in [3.8, 4) is 0 Å². The Labute approximate surface area is 122 Å². The van der Waals surface area contributed by atoms with E-state index in [9.17, 15) is 9.18 Å². The second kappa shape index (κ2) is 7.03. The Morgan fingerprint density at radius 1 is 1.43 bits per heavy atom. The van der Waals surface area contributed by atoms with Crippen LogP contribution in [0, 0.1) is 5.82 Å².